The Labute approximate surface area is 117 Å². The molecule has 112 valence electrons. The molecule has 7 nitrogen and oxygen atoms in total. The number of hydrogen-bond acceptors (Lipinski definition) is 4. The van der Waals surface area contributed by atoms with Gasteiger partial charge in [0.25, 0.3) is 0 Å². The Balaban J connectivity index is 2.86. The number of carbonyl (C=O) groups is 4. The van der Waals surface area contributed by atoms with Crippen molar-refractivity contribution in [1.82, 2.24) is 10.6 Å². The van der Waals surface area contributed by atoms with Crippen LogP contribution in [0.3, 0.4) is 0 Å². The smallest absolute Gasteiger partial charge is 0.328 e. The van der Waals surface area contributed by atoms with Crippen LogP contribution in [0.5, 0.6) is 0 Å². The summed E-state index contributed by atoms with van der Waals surface area (Å²) in [4.78, 5) is 46.0. The first kappa shape index (κ1) is 16.1. The van der Waals surface area contributed by atoms with E-state index in [0.717, 1.165) is 0 Å². The van der Waals surface area contributed by atoms with Gasteiger partial charge in [0.15, 0.2) is 0 Å². The Hall–Kier alpha value is -1.92. The molecular formula is C13H20N2O5. The number of hydrogen-bond donors (Lipinski definition) is 3. The average Bonchev–Trinajstić information content (AvgIpc) is 2.36. The monoisotopic (exact) mass is 284 g/mol. The van der Waals surface area contributed by atoms with Crippen molar-refractivity contribution in [2.75, 3.05) is 0 Å². The lowest BCUT2D eigenvalue weighted by Crippen LogP contribution is -2.64. The highest BCUT2D eigenvalue weighted by molar-refractivity contribution is 6.19. The van der Waals surface area contributed by atoms with Gasteiger partial charge in [0.05, 0.1) is 0 Å². The first-order valence-corrected chi connectivity index (χ1v) is 6.73. The lowest BCUT2D eigenvalue weighted by molar-refractivity contribution is -0.149. The zero-order chi connectivity index (χ0) is 15.3. The molecule has 20 heavy (non-hydrogen) atoms. The Morgan fingerprint density at radius 1 is 1.20 bits per heavy atom. The molecule has 0 aromatic carbocycles. The summed E-state index contributed by atoms with van der Waals surface area (Å²) >= 11 is 0. The number of amides is 4. The lowest BCUT2D eigenvalue weighted by Gasteiger charge is -2.38. The van der Waals surface area contributed by atoms with E-state index in [1.807, 2.05) is 6.92 Å². The van der Waals surface area contributed by atoms with Crippen molar-refractivity contribution < 1.29 is 24.3 Å². The standard InChI is InChI=1S/C13H20N2O5/c1-3-8(2)13(7-5-4-6-9(16)17)10(18)14-12(20)15-11(13)19/h8H,3-7H2,1-2H3,(H,16,17)(H2,14,15,18,19,20). The Kier molecular flexibility index (Phi) is 5.24. The minimum atomic E-state index is -1.29. The molecule has 0 aliphatic carbocycles. The summed E-state index contributed by atoms with van der Waals surface area (Å²) in [7, 11) is 0. The second-order valence-corrected chi connectivity index (χ2v) is 5.12. The lowest BCUT2D eigenvalue weighted by atomic mass is 9.69. The van der Waals surface area contributed by atoms with Gasteiger partial charge in [-0.05, 0) is 18.8 Å². The number of carboxylic acid groups (broad SMARTS) is 1. The molecule has 1 fully saturated rings. The number of carbonyl (C=O) groups excluding carboxylic acids is 3. The topological polar surface area (TPSA) is 113 Å². The van der Waals surface area contributed by atoms with Crippen LogP contribution in [0.15, 0.2) is 0 Å². The molecule has 0 bridgehead atoms. The highest BCUT2D eigenvalue weighted by atomic mass is 16.4. The third-order valence-corrected chi connectivity index (χ3v) is 3.93. The van der Waals surface area contributed by atoms with Crippen LogP contribution >= 0.6 is 0 Å². The maximum absolute atomic E-state index is 12.2. The number of imide groups is 2. The van der Waals surface area contributed by atoms with E-state index >= 15 is 0 Å². The van der Waals surface area contributed by atoms with E-state index in [9.17, 15) is 19.2 Å². The Bertz CT molecular complexity index is 412. The van der Waals surface area contributed by atoms with Crippen LogP contribution in [0, 0.1) is 11.3 Å². The van der Waals surface area contributed by atoms with Crippen molar-refractivity contribution in [3.63, 3.8) is 0 Å². The van der Waals surface area contributed by atoms with E-state index in [1.165, 1.54) is 0 Å². The first-order chi connectivity index (χ1) is 9.34. The first-order valence-electron chi connectivity index (χ1n) is 6.73. The average molecular weight is 284 g/mol. The molecule has 0 saturated carbocycles. The van der Waals surface area contributed by atoms with Gasteiger partial charge in [-0.15, -0.1) is 0 Å². The molecule has 1 heterocycles. The number of carboxylic acids is 1. The molecule has 0 aromatic heterocycles. The third kappa shape index (κ3) is 3.15. The van der Waals surface area contributed by atoms with Crippen LogP contribution in [-0.2, 0) is 14.4 Å². The van der Waals surface area contributed by atoms with Crippen LogP contribution in [0.2, 0.25) is 0 Å². The molecule has 1 aliphatic rings. The third-order valence-electron chi connectivity index (χ3n) is 3.93. The van der Waals surface area contributed by atoms with Crippen molar-refractivity contribution >= 4 is 23.8 Å². The van der Waals surface area contributed by atoms with Crippen LogP contribution in [0.4, 0.5) is 4.79 Å². The number of unbranched alkanes of at least 4 members (excludes halogenated alkanes) is 1. The number of aliphatic carboxylic acids is 1. The van der Waals surface area contributed by atoms with Crippen LogP contribution < -0.4 is 10.6 Å². The molecule has 0 radical (unpaired) electrons. The molecule has 1 rings (SSSR count). The van der Waals surface area contributed by atoms with Gasteiger partial charge in [0.1, 0.15) is 5.41 Å². The van der Waals surface area contributed by atoms with Crippen molar-refractivity contribution in [3.8, 4) is 0 Å². The Morgan fingerprint density at radius 2 is 1.75 bits per heavy atom. The fourth-order valence-corrected chi connectivity index (χ4v) is 2.51. The van der Waals surface area contributed by atoms with E-state index in [-0.39, 0.29) is 18.8 Å². The fourth-order valence-electron chi connectivity index (χ4n) is 2.51. The van der Waals surface area contributed by atoms with Gasteiger partial charge in [-0.25, -0.2) is 4.79 Å². The van der Waals surface area contributed by atoms with Crippen molar-refractivity contribution in [3.05, 3.63) is 0 Å². The van der Waals surface area contributed by atoms with Crippen LogP contribution in [0.1, 0.15) is 46.0 Å². The van der Waals surface area contributed by atoms with Gasteiger partial charge >= 0.3 is 12.0 Å². The summed E-state index contributed by atoms with van der Waals surface area (Å²) in [5, 5.41) is 12.9. The Morgan fingerprint density at radius 3 is 2.20 bits per heavy atom. The van der Waals surface area contributed by atoms with Crippen molar-refractivity contribution in [2.24, 2.45) is 11.3 Å². The fraction of sp³-hybridized carbons (Fsp3) is 0.692. The maximum atomic E-state index is 12.2. The van der Waals surface area contributed by atoms with E-state index in [1.54, 1.807) is 6.92 Å². The minimum absolute atomic E-state index is 0.00124. The molecule has 4 amide bonds. The molecule has 7 heteroatoms. The molecule has 1 unspecified atom stereocenters. The number of nitrogens with one attached hydrogen (secondary N) is 2. The van der Waals surface area contributed by atoms with Crippen molar-refractivity contribution in [2.45, 2.75) is 46.0 Å². The van der Waals surface area contributed by atoms with E-state index < -0.39 is 29.2 Å². The number of urea groups is 1. The molecule has 1 aliphatic heterocycles. The van der Waals surface area contributed by atoms with Gasteiger partial charge in [-0.2, -0.15) is 0 Å². The second kappa shape index (κ2) is 6.49. The van der Waals surface area contributed by atoms with Crippen LogP contribution in [-0.4, -0.2) is 28.9 Å². The molecular weight excluding hydrogens is 264 g/mol. The second-order valence-electron chi connectivity index (χ2n) is 5.12. The van der Waals surface area contributed by atoms with Gasteiger partial charge in [0, 0.05) is 6.42 Å². The zero-order valence-electron chi connectivity index (χ0n) is 11.7. The summed E-state index contributed by atoms with van der Waals surface area (Å²) in [5.41, 5.74) is -1.29. The van der Waals surface area contributed by atoms with Gasteiger partial charge in [-0.3, -0.25) is 25.0 Å². The highest BCUT2D eigenvalue weighted by Gasteiger charge is 2.52. The molecule has 0 aromatic rings. The molecule has 1 saturated heterocycles. The number of rotatable bonds is 7. The highest BCUT2D eigenvalue weighted by Crippen LogP contribution is 2.37. The zero-order valence-corrected chi connectivity index (χ0v) is 11.7. The summed E-state index contributed by atoms with van der Waals surface area (Å²) in [6.45, 7) is 3.65. The summed E-state index contributed by atoms with van der Waals surface area (Å²) in [6.07, 6.45) is 1.67. The maximum Gasteiger partial charge on any atom is 0.328 e. The SMILES string of the molecule is CCC(C)C1(CCCCC(=O)O)C(=O)NC(=O)NC1=O. The molecule has 3 N–H and O–H groups in total. The molecule has 1 atom stereocenters. The minimum Gasteiger partial charge on any atom is -0.481 e. The predicted octanol–water partition coefficient (Wildman–Crippen LogP) is 1.03. The van der Waals surface area contributed by atoms with E-state index in [4.69, 9.17) is 5.11 Å². The van der Waals surface area contributed by atoms with Gasteiger partial charge in [-0.1, -0.05) is 26.7 Å². The predicted molar refractivity (Wildman–Crippen MR) is 69.7 cm³/mol. The van der Waals surface area contributed by atoms with E-state index in [2.05, 4.69) is 10.6 Å². The number of barbiturate groups is 1. The van der Waals surface area contributed by atoms with E-state index in [0.29, 0.717) is 19.3 Å². The van der Waals surface area contributed by atoms with Gasteiger partial charge < -0.3 is 5.11 Å². The summed E-state index contributed by atoms with van der Waals surface area (Å²) in [5.74, 6) is -2.32. The van der Waals surface area contributed by atoms with Crippen LogP contribution in [0.25, 0.3) is 0 Å². The summed E-state index contributed by atoms with van der Waals surface area (Å²) in [6, 6.07) is -0.801. The van der Waals surface area contributed by atoms with Gasteiger partial charge in [0.2, 0.25) is 11.8 Å². The largest absolute Gasteiger partial charge is 0.481 e. The summed E-state index contributed by atoms with van der Waals surface area (Å²) < 4.78 is 0. The van der Waals surface area contributed by atoms with Crippen molar-refractivity contribution in [1.29, 1.82) is 0 Å². The normalized spacial score (nSPS) is 19.2. The quantitative estimate of drug-likeness (QED) is 0.477. The molecule has 0 spiro atoms.